The molecule has 0 radical (unpaired) electrons. The third-order valence-corrected chi connectivity index (χ3v) is 3.77. The van der Waals surface area contributed by atoms with Gasteiger partial charge in [-0.2, -0.15) is 0 Å². The summed E-state index contributed by atoms with van der Waals surface area (Å²) >= 11 is 0. The molecule has 18 heavy (non-hydrogen) atoms. The van der Waals surface area contributed by atoms with E-state index < -0.39 is 0 Å². The molecular formula is C14H17N3O. The Bertz CT molecular complexity index is 583. The normalized spacial score (nSPS) is 17.4. The summed E-state index contributed by atoms with van der Waals surface area (Å²) < 4.78 is 0. The number of fused-ring (bicyclic) bond motifs is 1. The average Bonchev–Trinajstić information content (AvgIpc) is 2.80. The molecule has 1 amide bonds. The summed E-state index contributed by atoms with van der Waals surface area (Å²) in [6.07, 6.45) is 5.05. The fourth-order valence-electron chi connectivity index (χ4n) is 2.36. The Morgan fingerprint density at radius 1 is 1.39 bits per heavy atom. The molecule has 0 bridgehead atoms. The fourth-order valence-corrected chi connectivity index (χ4v) is 2.36. The molecule has 1 fully saturated rings. The molecule has 2 aromatic rings. The Balaban J connectivity index is 1.71. The number of hydrogen-bond acceptors (Lipinski definition) is 2. The number of amides is 1. The van der Waals surface area contributed by atoms with Crippen LogP contribution in [0.1, 0.15) is 29.6 Å². The van der Waals surface area contributed by atoms with Crippen LogP contribution in [0.3, 0.4) is 0 Å². The molecule has 0 unspecified atom stereocenters. The van der Waals surface area contributed by atoms with Gasteiger partial charge in [-0.15, -0.1) is 0 Å². The summed E-state index contributed by atoms with van der Waals surface area (Å²) in [5.74, 6) is -0.0465. The minimum atomic E-state index is -0.173. The Labute approximate surface area is 106 Å². The molecule has 4 N–H and O–H groups in total. The molecule has 0 aliphatic heterocycles. The molecule has 3 rings (SSSR count). The quantitative estimate of drug-likeness (QED) is 0.769. The first-order valence-electron chi connectivity index (χ1n) is 6.31. The van der Waals surface area contributed by atoms with Crippen molar-refractivity contribution in [2.75, 3.05) is 6.54 Å². The molecule has 1 aliphatic carbocycles. The smallest absolute Gasteiger partial charge is 0.251 e. The van der Waals surface area contributed by atoms with Crippen LogP contribution in [-0.4, -0.2) is 23.0 Å². The second-order valence-corrected chi connectivity index (χ2v) is 5.18. The maximum atomic E-state index is 12.0. The Morgan fingerprint density at radius 2 is 2.22 bits per heavy atom. The fraction of sp³-hybridized carbons (Fsp3) is 0.357. The highest BCUT2D eigenvalue weighted by atomic mass is 16.1. The van der Waals surface area contributed by atoms with E-state index in [2.05, 4.69) is 10.3 Å². The van der Waals surface area contributed by atoms with Gasteiger partial charge in [0.1, 0.15) is 0 Å². The van der Waals surface area contributed by atoms with Gasteiger partial charge < -0.3 is 16.0 Å². The van der Waals surface area contributed by atoms with Crippen LogP contribution in [0, 0.1) is 0 Å². The zero-order chi connectivity index (χ0) is 12.6. The zero-order valence-corrected chi connectivity index (χ0v) is 10.2. The maximum Gasteiger partial charge on any atom is 0.251 e. The van der Waals surface area contributed by atoms with Crippen molar-refractivity contribution in [3.05, 3.63) is 36.0 Å². The summed E-state index contributed by atoms with van der Waals surface area (Å²) in [6, 6.07) is 7.61. The van der Waals surface area contributed by atoms with Gasteiger partial charge in [-0.05, 0) is 43.5 Å². The highest BCUT2D eigenvalue weighted by Gasteiger charge is 2.32. The van der Waals surface area contributed by atoms with Crippen LogP contribution in [0.5, 0.6) is 0 Å². The van der Waals surface area contributed by atoms with E-state index >= 15 is 0 Å². The number of carbonyl (C=O) groups is 1. The number of benzene rings is 1. The van der Waals surface area contributed by atoms with Crippen LogP contribution in [0.25, 0.3) is 10.9 Å². The van der Waals surface area contributed by atoms with Crippen molar-refractivity contribution in [1.29, 1.82) is 0 Å². The number of H-pyrrole nitrogens is 1. The molecule has 0 atom stereocenters. The summed E-state index contributed by atoms with van der Waals surface area (Å²) in [7, 11) is 0. The second kappa shape index (κ2) is 4.14. The van der Waals surface area contributed by atoms with Gasteiger partial charge in [-0.1, -0.05) is 0 Å². The molecule has 1 aromatic heterocycles. The van der Waals surface area contributed by atoms with Gasteiger partial charge in [0.2, 0.25) is 0 Å². The van der Waals surface area contributed by atoms with E-state index in [9.17, 15) is 4.79 Å². The van der Waals surface area contributed by atoms with Crippen LogP contribution < -0.4 is 11.1 Å². The maximum absolute atomic E-state index is 12.0. The molecule has 1 heterocycles. The van der Waals surface area contributed by atoms with E-state index in [0.717, 1.165) is 23.7 Å². The first-order chi connectivity index (χ1) is 8.66. The molecule has 94 valence electrons. The molecule has 0 spiro atoms. The van der Waals surface area contributed by atoms with E-state index in [1.54, 1.807) is 0 Å². The lowest BCUT2D eigenvalue weighted by Crippen LogP contribution is -2.54. The van der Waals surface area contributed by atoms with Gasteiger partial charge in [0, 0.05) is 34.7 Å². The molecular weight excluding hydrogens is 226 g/mol. The summed E-state index contributed by atoms with van der Waals surface area (Å²) in [5, 5.41) is 3.97. The average molecular weight is 243 g/mol. The number of nitrogens with one attached hydrogen (secondary N) is 2. The number of aromatic amines is 1. The van der Waals surface area contributed by atoms with Crippen LogP contribution in [0.2, 0.25) is 0 Å². The molecule has 4 nitrogen and oxygen atoms in total. The van der Waals surface area contributed by atoms with Gasteiger partial charge in [-0.25, -0.2) is 0 Å². The first-order valence-corrected chi connectivity index (χ1v) is 6.31. The van der Waals surface area contributed by atoms with E-state index in [1.807, 2.05) is 30.5 Å². The topological polar surface area (TPSA) is 70.9 Å². The second-order valence-electron chi connectivity index (χ2n) is 5.18. The summed E-state index contributed by atoms with van der Waals surface area (Å²) in [4.78, 5) is 15.1. The Hall–Kier alpha value is -1.81. The lowest BCUT2D eigenvalue weighted by atomic mass is 9.78. The predicted octanol–water partition coefficient (Wildman–Crippen LogP) is 1.78. The van der Waals surface area contributed by atoms with Crippen LogP contribution in [0.15, 0.2) is 30.5 Å². The van der Waals surface area contributed by atoms with Gasteiger partial charge in [0.15, 0.2) is 0 Å². The van der Waals surface area contributed by atoms with Crippen molar-refractivity contribution in [2.24, 2.45) is 5.73 Å². The van der Waals surface area contributed by atoms with Crippen LogP contribution >= 0.6 is 0 Å². The molecule has 0 saturated heterocycles. The van der Waals surface area contributed by atoms with Crippen LogP contribution in [-0.2, 0) is 0 Å². The summed E-state index contributed by atoms with van der Waals surface area (Å²) in [5.41, 5.74) is 7.64. The summed E-state index contributed by atoms with van der Waals surface area (Å²) in [6.45, 7) is 0.566. The number of rotatable bonds is 3. The van der Waals surface area contributed by atoms with E-state index in [1.165, 1.54) is 6.42 Å². The van der Waals surface area contributed by atoms with Crippen molar-refractivity contribution in [1.82, 2.24) is 10.3 Å². The number of nitrogens with two attached hydrogens (primary N) is 1. The molecule has 4 heteroatoms. The molecule has 1 aromatic carbocycles. The van der Waals surface area contributed by atoms with Crippen molar-refractivity contribution < 1.29 is 4.79 Å². The van der Waals surface area contributed by atoms with E-state index in [-0.39, 0.29) is 11.4 Å². The van der Waals surface area contributed by atoms with E-state index in [4.69, 9.17) is 5.73 Å². The Kier molecular flexibility index (Phi) is 2.59. The Morgan fingerprint density at radius 3 is 2.94 bits per heavy atom. The first kappa shape index (κ1) is 11.3. The van der Waals surface area contributed by atoms with Gasteiger partial charge in [-0.3, -0.25) is 4.79 Å². The van der Waals surface area contributed by atoms with Crippen molar-refractivity contribution in [3.8, 4) is 0 Å². The predicted molar refractivity (Wildman–Crippen MR) is 71.4 cm³/mol. The lowest BCUT2D eigenvalue weighted by molar-refractivity contribution is 0.0930. The largest absolute Gasteiger partial charge is 0.361 e. The lowest BCUT2D eigenvalue weighted by Gasteiger charge is -2.38. The number of aromatic nitrogens is 1. The SMILES string of the molecule is NC1(CNC(=O)c2ccc3[nH]ccc3c2)CCC1. The number of carbonyl (C=O) groups excluding carboxylic acids is 1. The van der Waals surface area contributed by atoms with E-state index in [0.29, 0.717) is 12.1 Å². The zero-order valence-electron chi connectivity index (χ0n) is 10.2. The monoisotopic (exact) mass is 243 g/mol. The minimum absolute atomic E-state index is 0.0465. The van der Waals surface area contributed by atoms with Gasteiger partial charge in [0.25, 0.3) is 5.91 Å². The third kappa shape index (κ3) is 1.99. The van der Waals surface area contributed by atoms with Crippen molar-refractivity contribution in [2.45, 2.75) is 24.8 Å². The minimum Gasteiger partial charge on any atom is -0.361 e. The highest BCUT2D eigenvalue weighted by molar-refractivity contribution is 5.98. The van der Waals surface area contributed by atoms with Crippen molar-refractivity contribution >= 4 is 16.8 Å². The van der Waals surface area contributed by atoms with Crippen molar-refractivity contribution in [3.63, 3.8) is 0 Å². The standard InChI is InChI=1S/C14H17N3O/c15-14(5-1-6-14)9-17-13(18)11-2-3-12-10(8-11)4-7-16-12/h2-4,7-8,16H,1,5-6,9,15H2,(H,17,18). The van der Waals surface area contributed by atoms with Crippen LogP contribution in [0.4, 0.5) is 0 Å². The van der Waals surface area contributed by atoms with Gasteiger partial charge >= 0.3 is 0 Å². The molecule has 1 aliphatic rings. The van der Waals surface area contributed by atoms with Gasteiger partial charge in [0.05, 0.1) is 0 Å². The number of hydrogen-bond donors (Lipinski definition) is 3. The third-order valence-electron chi connectivity index (χ3n) is 3.77. The molecule has 1 saturated carbocycles. The highest BCUT2D eigenvalue weighted by Crippen LogP contribution is 2.28.